The lowest BCUT2D eigenvalue weighted by Gasteiger charge is -2.31. The van der Waals surface area contributed by atoms with Gasteiger partial charge in [-0.15, -0.1) is 0 Å². The van der Waals surface area contributed by atoms with E-state index in [9.17, 15) is 4.79 Å². The Bertz CT molecular complexity index is 234. The van der Waals surface area contributed by atoms with Gasteiger partial charge in [0.15, 0.2) is 5.79 Å². The molecule has 0 aromatic heterocycles. The second-order valence-corrected chi connectivity index (χ2v) is 4.37. The molecule has 0 aromatic carbocycles. The van der Waals surface area contributed by atoms with Crippen LogP contribution in [0.15, 0.2) is 0 Å². The summed E-state index contributed by atoms with van der Waals surface area (Å²) in [6.07, 6.45) is 0.994. The Morgan fingerprint density at radius 3 is 2.14 bits per heavy atom. The van der Waals surface area contributed by atoms with Crippen LogP contribution in [0.25, 0.3) is 0 Å². The highest BCUT2D eigenvalue weighted by Gasteiger charge is 2.55. The zero-order chi connectivity index (χ0) is 11.0. The van der Waals surface area contributed by atoms with E-state index in [1.165, 1.54) is 0 Å². The maximum Gasteiger partial charge on any atom is 0.309 e. The Morgan fingerprint density at radius 1 is 1.43 bits per heavy atom. The summed E-state index contributed by atoms with van der Waals surface area (Å²) in [4.78, 5) is 11.1. The van der Waals surface area contributed by atoms with Crippen LogP contribution in [-0.4, -0.2) is 31.1 Å². The molecule has 0 radical (unpaired) electrons. The quantitative estimate of drug-likeness (QED) is 0.704. The van der Waals surface area contributed by atoms with Crippen molar-refractivity contribution >= 4 is 5.97 Å². The highest BCUT2D eigenvalue weighted by Crippen LogP contribution is 2.49. The third-order valence-electron chi connectivity index (χ3n) is 3.35. The summed E-state index contributed by atoms with van der Waals surface area (Å²) >= 11 is 0. The van der Waals surface area contributed by atoms with E-state index in [4.69, 9.17) is 14.6 Å². The lowest BCUT2D eigenvalue weighted by molar-refractivity contribution is -0.227. The van der Waals surface area contributed by atoms with Crippen LogP contribution in [0.3, 0.4) is 0 Å². The van der Waals surface area contributed by atoms with E-state index in [1.807, 2.05) is 6.92 Å². The maximum atomic E-state index is 11.1. The van der Waals surface area contributed by atoms with Crippen molar-refractivity contribution in [1.82, 2.24) is 0 Å². The number of carboxylic acids is 1. The van der Waals surface area contributed by atoms with Crippen molar-refractivity contribution in [1.29, 1.82) is 0 Å². The summed E-state index contributed by atoms with van der Waals surface area (Å²) in [7, 11) is 3.13. The Balaban J connectivity index is 2.92. The van der Waals surface area contributed by atoms with Crippen LogP contribution in [0.4, 0.5) is 0 Å². The predicted octanol–water partition coefficient (Wildman–Crippen LogP) is 1.50. The molecule has 0 spiro atoms. The van der Waals surface area contributed by atoms with Gasteiger partial charge in [-0.1, -0.05) is 6.92 Å². The third kappa shape index (κ3) is 1.53. The lowest BCUT2D eigenvalue weighted by Crippen LogP contribution is -2.37. The Labute approximate surface area is 84.2 Å². The minimum atomic E-state index is -0.777. The van der Waals surface area contributed by atoms with Gasteiger partial charge in [-0.05, 0) is 13.3 Å². The largest absolute Gasteiger partial charge is 0.481 e. The molecule has 1 saturated carbocycles. The first kappa shape index (κ1) is 11.5. The highest BCUT2D eigenvalue weighted by atomic mass is 16.7. The number of hydrogen-bond acceptors (Lipinski definition) is 3. The molecule has 0 heterocycles. The fraction of sp³-hybridized carbons (Fsp3) is 0.900. The summed E-state index contributed by atoms with van der Waals surface area (Å²) in [5.74, 6) is -1.41. The molecule has 0 amide bonds. The van der Waals surface area contributed by atoms with E-state index in [2.05, 4.69) is 0 Å². The molecule has 1 aliphatic rings. The van der Waals surface area contributed by atoms with Crippen molar-refractivity contribution in [2.24, 2.45) is 11.3 Å². The molecule has 2 atom stereocenters. The van der Waals surface area contributed by atoms with Crippen molar-refractivity contribution in [3.8, 4) is 0 Å². The van der Waals surface area contributed by atoms with Gasteiger partial charge in [0.05, 0.1) is 5.41 Å². The van der Waals surface area contributed by atoms with Gasteiger partial charge >= 0.3 is 5.97 Å². The monoisotopic (exact) mass is 202 g/mol. The first-order valence-electron chi connectivity index (χ1n) is 4.74. The molecule has 14 heavy (non-hydrogen) atoms. The van der Waals surface area contributed by atoms with Crippen molar-refractivity contribution in [3.63, 3.8) is 0 Å². The normalized spacial score (nSPS) is 35.9. The molecule has 4 nitrogen and oxygen atoms in total. The molecule has 0 aliphatic heterocycles. The molecule has 1 N–H and O–H groups in total. The minimum Gasteiger partial charge on any atom is -0.481 e. The average Bonchev–Trinajstić information content (AvgIpc) is 2.40. The minimum absolute atomic E-state index is 0.0959. The van der Waals surface area contributed by atoms with E-state index in [0.29, 0.717) is 12.8 Å². The molecule has 1 fully saturated rings. The lowest BCUT2D eigenvalue weighted by atomic mass is 9.88. The molecule has 4 heteroatoms. The number of aliphatic carboxylic acids is 1. The third-order valence-corrected chi connectivity index (χ3v) is 3.35. The van der Waals surface area contributed by atoms with Crippen LogP contribution < -0.4 is 0 Å². The van der Waals surface area contributed by atoms with Crippen LogP contribution in [0.5, 0.6) is 0 Å². The van der Waals surface area contributed by atoms with E-state index in [1.54, 1.807) is 21.1 Å². The molecule has 1 rings (SSSR count). The van der Waals surface area contributed by atoms with Gasteiger partial charge in [0.25, 0.3) is 0 Å². The van der Waals surface area contributed by atoms with E-state index < -0.39 is 17.2 Å². The maximum absolute atomic E-state index is 11.1. The topological polar surface area (TPSA) is 55.8 Å². The van der Waals surface area contributed by atoms with Gasteiger partial charge in [-0.3, -0.25) is 4.79 Å². The number of carboxylic acid groups (broad SMARTS) is 1. The second kappa shape index (κ2) is 3.51. The predicted molar refractivity (Wildman–Crippen MR) is 50.9 cm³/mol. The van der Waals surface area contributed by atoms with Crippen LogP contribution in [0, 0.1) is 11.3 Å². The Hall–Kier alpha value is -0.610. The molecular weight excluding hydrogens is 184 g/mol. The zero-order valence-corrected chi connectivity index (χ0v) is 9.16. The molecule has 0 bridgehead atoms. The fourth-order valence-corrected chi connectivity index (χ4v) is 2.41. The van der Waals surface area contributed by atoms with Crippen molar-refractivity contribution in [2.45, 2.75) is 32.5 Å². The van der Waals surface area contributed by atoms with Gasteiger partial charge < -0.3 is 14.6 Å². The number of carbonyl (C=O) groups is 1. The van der Waals surface area contributed by atoms with E-state index in [-0.39, 0.29) is 5.92 Å². The Kier molecular flexibility index (Phi) is 2.88. The average molecular weight is 202 g/mol. The summed E-state index contributed by atoms with van der Waals surface area (Å²) in [6, 6.07) is 0. The standard InChI is InChI=1S/C10H18O4/c1-7-5-9(2,8(11)12)6-10(7,13-3)14-4/h7H,5-6H2,1-4H3,(H,11,12)/t7-,9+/m0/s1. The summed E-state index contributed by atoms with van der Waals surface area (Å²) < 4.78 is 10.6. The van der Waals surface area contributed by atoms with Gasteiger partial charge in [0, 0.05) is 26.6 Å². The number of ether oxygens (including phenoxy) is 2. The summed E-state index contributed by atoms with van der Waals surface area (Å²) in [5.41, 5.74) is -0.731. The summed E-state index contributed by atoms with van der Waals surface area (Å²) in [6.45, 7) is 3.70. The second-order valence-electron chi connectivity index (χ2n) is 4.37. The number of hydrogen-bond donors (Lipinski definition) is 1. The molecule has 0 aromatic rings. The summed E-state index contributed by atoms with van der Waals surface area (Å²) in [5, 5.41) is 9.10. The van der Waals surface area contributed by atoms with Crippen molar-refractivity contribution in [3.05, 3.63) is 0 Å². The molecular formula is C10H18O4. The molecule has 0 saturated heterocycles. The number of methoxy groups -OCH3 is 2. The van der Waals surface area contributed by atoms with Crippen LogP contribution in [0.2, 0.25) is 0 Å². The van der Waals surface area contributed by atoms with E-state index in [0.717, 1.165) is 0 Å². The highest BCUT2D eigenvalue weighted by molar-refractivity contribution is 5.74. The SMILES string of the molecule is COC1(OC)C[C@](C)(C(=O)O)C[C@@H]1C. The van der Waals surface area contributed by atoms with Gasteiger partial charge in [0.2, 0.25) is 0 Å². The van der Waals surface area contributed by atoms with Gasteiger partial charge in [0.1, 0.15) is 0 Å². The van der Waals surface area contributed by atoms with Gasteiger partial charge in [-0.2, -0.15) is 0 Å². The smallest absolute Gasteiger partial charge is 0.309 e. The van der Waals surface area contributed by atoms with Crippen LogP contribution >= 0.6 is 0 Å². The zero-order valence-electron chi connectivity index (χ0n) is 9.16. The molecule has 0 unspecified atom stereocenters. The fourth-order valence-electron chi connectivity index (χ4n) is 2.41. The van der Waals surface area contributed by atoms with Crippen LogP contribution in [0.1, 0.15) is 26.7 Å². The number of rotatable bonds is 3. The molecule has 82 valence electrons. The van der Waals surface area contributed by atoms with Crippen molar-refractivity contribution in [2.75, 3.05) is 14.2 Å². The Morgan fingerprint density at radius 2 is 1.93 bits per heavy atom. The molecule has 1 aliphatic carbocycles. The van der Waals surface area contributed by atoms with Gasteiger partial charge in [-0.25, -0.2) is 0 Å². The van der Waals surface area contributed by atoms with E-state index >= 15 is 0 Å². The first-order chi connectivity index (χ1) is 6.40. The first-order valence-corrected chi connectivity index (χ1v) is 4.74. The van der Waals surface area contributed by atoms with Crippen LogP contribution in [-0.2, 0) is 14.3 Å². The van der Waals surface area contributed by atoms with Crippen molar-refractivity contribution < 1.29 is 19.4 Å².